The van der Waals surface area contributed by atoms with Gasteiger partial charge in [0.05, 0.1) is 31.9 Å². The van der Waals surface area contributed by atoms with E-state index in [1.54, 1.807) is 39.5 Å². The molecule has 0 unspecified atom stereocenters. The van der Waals surface area contributed by atoms with Crippen molar-refractivity contribution in [1.82, 2.24) is 9.62 Å². The molecule has 1 saturated heterocycles. The number of fused-ring (bicyclic) bond motifs is 1. The van der Waals surface area contributed by atoms with E-state index < -0.39 is 10.0 Å². The molecule has 0 bridgehead atoms. The molecule has 31 heavy (non-hydrogen) atoms. The predicted molar refractivity (Wildman–Crippen MR) is 119 cm³/mol. The first-order chi connectivity index (χ1) is 15.0. The SMILES string of the molecule is COc1ccc(S(=O)(=O)N2CCc3c(OC)ccc(OC)c3C2)cc1N1CCNCC1. The maximum Gasteiger partial charge on any atom is 0.243 e. The summed E-state index contributed by atoms with van der Waals surface area (Å²) in [5.74, 6) is 2.11. The zero-order chi connectivity index (χ0) is 22.0. The molecule has 2 heterocycles. The Labute approximate surface area is 183 Å². The van der Waals surface area contributed by atoms with Crippen molar-refractivity contribution in [2.75, 3.05) is 59.0 Å². The minimum Gasteiger partial charge on any atom is -0.496 e. The van der Waals surface area contributed by atoms with Gasteiger partial charge in [0, 0.05) is 50.4 Å². The van der Waals surface area contributed by atoms with Crippen LogP contribution in [-0.2, 0) is 23.0 Å². The fraction of sp³-hybridized carbons (Fsp3) is 0.455. The maximum absolute atomic E-state index is 13.6. The van der Waals surface area contributed by atoms with Gasteiger partial charge in [-0.15, -0.1) is 0 Å². The van der Waals surface area contributed by atoms with Crippen LogP contribution >= 0.6 is 0 Å². The summed E-state index contributed by atoms with van der Waals surface area (Å²) in [4.78, 5) is 2.43. The van der Waals surface area contributed by atoms with E-state index in [0.717, 1.165) is 48.7 Å². The first kappa shape index (κ1) is 21.7. The van der Waals surface area contributed by atoms with Gasteiger partial charge in [-0.1, -0.05) is 0 Å². The Balaban J connectivity index is 1.68. The minimum atomic E-state index is -3.70. The van der Waals surface area contributed by atoms with Gasteiger partial charge in [-0.2, -0.15) is 4.31 Å². The molecule has 8 nitrogen and oxygen atoms in total. The van der Waals surface area contributed by atoms with Crippen molar-refractivity contribution in [3.63, 3.8) is 0 Å². The van der Waals surface area contributed by atoms with Crippen LogP contribution < -0.4 is 24.4 Å². The van der Waals surface area contributed by atoms with Crippen LogP contribution in [0.1, 0.15) is 11.1 Å². The normalized spacial score (nSPS) is 17.2. The highest BCUT2D eigenvalue weighted by atomic mass is 32.2. The van der Waals surface area contributed by atoms with E-state index in [1.165, 1.54) is 4.31 Å². The highest BCUT2D eigenvalue weighted by molar-refractivity contribution is 7.89. The van der Waals surface area contributed by atoms with Crippen molar-refractivity contribution in [2.24, 2.45) is 0 Å². The summed E-state index contributed by atoms with van der Waals surface area (Å²) < 4.78 is 45.1. The van der Waals surface area contributed by atoms with Gasteiger partial charge in [-0.25, -0.2) is 8.42 Å². The number of hydrogen-bond donors (Lipinski definition) is 1. The van der Waals surface area contributed by atoms with Gasteiger partial charge in [0.25, 0.3) is 0 Å². The molecule has 2 aliphatic heterocycles. The lowest BCUT2D eigenvalue weighted by atomic mass is 9.99. The third-order valence-electron chi connectivity index (χ3n) is 5.98. The van der Waals surface area contributed by atoms with Gasteiger partial charge in [0.2, 0.25) is 10.0 Å². The Morgan fingerprint density at radius 2 is 1.45 bits per heavy atom. The lowest BCUT2D eigenvalue weighted by Gasteiger charge is -2.32. The highest BCUT2D eigenvalue weighted by Crippen LogP contribution is 2.38. The van der Waals surface area contributed by atoms with Gasteiger partial charge in [-0.3, -0.25) is 0 Å². The maximum atomic E-state index is 13.6. The van der Waals surface area contributed by atoms with E-state index in [1.807, 2.05) is 12.1 Å². The van der Waals surface area contributed by atoms with Crippen LogP contribution in [0.25, 0.3) is 0 Å². The van der Waals surface area contributed by atoms with Crippen molar-refractivity contribution in [3.05, 3.63) is 41.5 Å². The topological polar surface area (TPSA) is 80.3 Å². The van der Waals surface area contributed by atoms with Gasteiger partial charge in [0.1, 0.15) is 17.2 Å². The molecule has 2 aromatic carbocycles. The molecule has 0 aromatic heterocycles. The molecule has 0 atom stereocenters. The quantitative estimate of drug-likeness (QED) is 0.724. The van der Waals surface area contributed by atoms with Crippen molar-refractivity contribution in [1.29, 1.82) is 0 Å². The van der Waals surface area contributed by atoms with Gasteiger partial charge >= 0.3 is 0 Å². The zero-order valence-electron chi connectivity index (χ0n) is 18.2. The number of rotatable bonds is 6. The standard InChI is InChI=1S/C22H29N3O5S/c1-28-20-6-7-21(29-2)18-15-25(11-8-17(18)20)31(26,27)16-4-5-22(30-3)19(14-16)24-12-9-23-10-13-24/h4-7,14,23H,8-13,15H2,1-3H3. The number of anilines is 1. The molecule has 0 radical (unpaired) electrons. The Hall–Kier alpha value is -2.49. The molecule has 1 N–H and O–H groups in total. The molecule has 4 rings (SSSR count). The molecule has 0 aliphatic carbocycles. The van der Waals surface area contributed by atoms with E-state index in [9.17, 15) is 8.42 Å². The molecular weight excluding hydrogens is 418 g/mol. The first-order valence-electron chi connectivity index (χ1n) is 10.4. The minimum absolute atomic E-state index is 0.243. The summed E-state index contributed by atoms with van der Waals surface area (Å²) in [6.07, 6.45) is 0.565. The number of hydrogen-bond acceptors (Lipinski definition) is 7. The van der Waals surface area contributed by atoms with Gasteiger partial charge in [-0.05, 0) is 36.8 Å². The van der Waals surface area contributed by atoms with E-state index in [2.05, 4.69) is 10.2 Å². The Bertz CT molecular complexity index is 1050. The summed E-state index contributed by atoms with van der Waals surface area (Å²) in [6.45, 7) is 3.93. The second-order valence-electron chi connectivity index (χ2n) is 7.59. The van der Waals surface area contributed by atoms with Crippen LogP contribution in [0.3, 0.4) is 0 Å². The van der Waals surface area contributed by atoms with Crippen molar-refractivity contribution in [3.8, 4) is 17.2 Å². The molecule has 1 fully saturated rings. The number of ether oxygens (including phenoxy) is 3. The fourth-order valence-electron chi connectivity index (χ4n) is 4.31. The molecule has 9 heteroatoms. The third-order valence-corrected chi connectivity index (χ3v) is 7.82. The van der Waals surface area contributed by atoms with Gasteiger partial charge < -0.3 is 24.4 Å². The second-order valence-corrected chi connectivity index (χ2v) is 9.52. The van der Waals surface area contributed by atoms with Crippen molar-refractivity contribution >= 4 is 15.7 Å². The number of methoxy groups -OCH3 is 3. The number of sulfonamides is 1. The summed E-state index contributed by atoms with van der Waals surface area (Å²) in [6, 6.07) is 8.79. The van der Waals surface area contributed by atoms with Crippen LogP contribution in [0.5, 0.6) is 17.2 Å². The lowest BCUT2D eigenvalue weighted by Crippen LogP contribution is -2.43. The van der Waals surface area contributed by atoms with E-state index >= 15 is 0 Å². The largest absolute Gasteiger partial charge is 0.496 e. The van der Waals surface area contributed by atoms with Crippen LogP contribution in [0.15, 0.2) is 35.2 Å². The molecule has 0 amide bonds. The van der Waals surface area contributed by atoms with Crippen molar-refractivity contribution in [2.45, 2.75) is 17.9 Å². The van der Waals surface area contributed by atoms with E-state index in [-0.39, 0.29) is 11.4 Å². The number of benzene rings is 2. The Kier molecular flexibility index (Phi) is 6.27. The van der Waals surface area contributed by atoms with Crippen LogP contribution in [0, 0.1) is 0 Å². The average molecular weight is 448 g/mol. The second kappa shape index (κ2) is 8.94. The zero-order valence-corrected chi connectivity index (χ0v) is 19.0. The lowest BCUT2D eigenvalue weighted by molar-refractivity contribution is 0.351. The van der Waals surface area contributed by atoms with Crippen LogP contribution in [0.2, 0.25) is 0 Å². The van der Waals surface area contributed by atoms with Crippen LogP contribution in [-0.4, -0.2) is 66.8 Å². The van der Waals surface area contributed by atoms with Gasteiger partial charge in [0.15, 0.2) is 0 Å². The molecule has 0 spiro atoms. The number of nitrogens with zero attached hydrogens (tertiary/aromatic N) is 2. The molecule has 2 aromatic rings. The number of piperazine rings is 1. The summed E-state index contributed by atoms with van der Waals surface area (Å²) in [7, 11) is 1.13. The molecule has 0 saturated carbocycles. The monoisotopic (exact) mass is 447 g/mol. The molecule has 168 valence electrons. The summed E-state index contributed by atoms with van der Waals surface area (Å²) in [5.41, 5.74) is 2.67. The number of nitrogens with one attached hydrogen (secondary N) is 1. The smallest absolute Gasteiger partial charge is 0.243 e. The molecule has 2 aliphatic rings. The summed E-state index contributed by atoms with van der Waals surface area (Å²) >= 11 is 0. The Morgan fingerprint density at radius 3 is 2.10 bits per heavy atom. The Morgan fingerprint density at radius 1 is 0.839 bits per heavy atom. The van der Waals surface area contributed by atoms with E-state index in [4.69, 9.17) is 14.2 Å². The first-order valence-corrected chi connectivity index (χ1v) is 11.8. The average Bonchev–Trinajstić information content (AvgIpc) is 2.83. The third kappa shape index (κ3) is 4.05. The summed E-state index contributed by atoms with van der Waals surface area (Å²) in [5, 5.41) is 3.32. The van der Waals surface area contributed by atoms with E-state index in [0.29, 0.717) is 24.5 Å². The highest BCUT2D eigenvalue weighted by Gasteiger charge is 2.32. The predicted octanol–water partition coefficient (Wildman–Crippen LogP) is 1.87. The van der Waals surface area contributed by atoms with Crippen LogP contribution in [0.4, 0.5) is 5.69 Å². The fourth-order valence-corrected chi connectivity index (χ4v) is 5.74. The van der Waals surface area contributed by atoms with Crippen molar-refractivity contribution < 1.29 is 22.6 Å². The molecular formula is C22H29N3O5S.